The molecular weight excluding hydrogens is 369 g/mol. The second-order valence-electron chi connectivity index (χ2n) is 4.89. The lowest BCUT2D eigenvalue weighted by atomic mass is 9.91. The SMILES string of the molecule is COC(=O)C1=C(C(=O)OC)C(C)(C(Cl)Cl)OC2C(Cl)=CC=CN12. The van der Waals surface area contributed by atoms with Crippen molar-refractivity contribution in [3.05, 3.63) is 34.7 Å². The second-order valence-corrected chi connectivity index (χ2v) is 6.42. The van der Waals surface area contributed by atoms with Crippen LogP contribution in [0.4, 0.5) is 0 Å². The molecule has 2 unspecified atom stereocenters. The van der Waals surface area contributed by atoms with Crippen molar-refractivity contribution < 1.29 is 23.8 Å². The van der Waals surface area contributed by atoms with E-state index in [0.29, 0.717) is 0 Å². The number of alkyl halides is 2. The molecule has 0 aromatic rings. The fourth-order valence-corrected chi connectivity index (χ4v) is 2.89. The standard InChI is InChI=1S/C14H14Cl3NO5/c1-14(13(16)17)8(11(19)21-2)9(12(20)22-3)18-6-4-5-7(15)10(18)23-14/h4-6,10,13H,1-3H3. The number of fused-ring (bicyclic) bond motifs is 1. The lowest BCUT2D eigenvalue weighted by molar-refractivity contribution is -0.154. The Kier molecular flexibility index (Phi) is 5.30. The van der Waals surface area contributed by atoms with Gasteiger partial charge in [-0.2, -0.15) is 0 Å². The van der Waals surface area contributed by atoms with E-state index in [-0.39, 0.29) is 16.3 Å². The van der Waals surface area contributed by atoms with Crippen molar-refractivity contribution in [1.29, 1.82) is 0 Å². The molecule has 23 heavy (non-hydrogen) atoms. The van der Waals surface area contributed by atoms with Gasteiger partial charge in [-0.25, -0.2) is 9.59 Å². The summed E-state index contributed by atoms with van der Waals surface area (Å²) in [4.78, 5) is 24.8. The van der Waals surface area contributed by atoms with E-state index in [9.17, 15) is 9.59 Å². The van der Waals surface area contributed by atoms with E-state index in [2.05, 4.69) is 0 Å². The fourth-order valence-electron chi connectivity index (χ4n) is 2.35. The highest BCUT2D eigenvalue weighted by atomic mass is 35.5. The zero-order valence-corrected chi connectivity index (χ0v) is 14.8. The van der Waals surface area contributed by atoms with E-state index in [4.69, 9.17) is 49.0 Å². The quantitative estimate of drug-likeness (QED) is 0.552. The highest BCUT2D eigenvalue weighted by molar-refractivity contribution is 6.45. The smallest absolute Gasteiger partial charge is 0.355 e. The Hall–Kier alpha value is -1.21. The van der Waals surface area contributed by atoms with Gasteiger partial charge >= 0.3 is 11.9 Å². The lowest BCUT2D eigenvalue weighted by Crippen LogP contribution is -2.55. The Balaban J connectivity index is 2.76. The van der Waals surface area contributed by atoms with Crippen LogP contribution >= 0.6 is 34.8 Å². The summed E-state index contributed by atoms with van der Waals surface area (Å²) in [6.45, 7) is 1.48. The average molecular weight is 383 g/mol. The van der Waals surface area contributed by atoms with Crippen molar-refractivity contribution in [3.63, 3.8) is 0 Å². The minimum Gasteiger partial charge on any atom is -0.466 e. The Morgan fingerprint density at radius 1 is 1.30 bits per heavy atom. The van der Waals surface area contributed by atoms with Crippen LogP contribution < -0.4 is 0 Å². The van der Waals surface area contributed by atoms with E-state index in [0.717, 1.165) is 0 Å². The molecule has 0 spiro atoms. The second kappa shape index (κ2) is 6.73. The molecule has 0 radical (unpaired) electrons. The summed E-state index contributed by atoms with van der Waals surface area (Å²) >= 11 is 18.2. The van der Waals surface area contributed by atoms with Crippen molar-refractivity contribution in [2.24, 2.45) is 0 Å². The summed E-state index contributed by atoms with van der Waals surface area (Å²) < 4.78 is 15.4. The molecular formula is C14H14Cl3NO5. The molecule has 0 fully saturated rings. The number of carbonyl (C=O) groups is 2. The van der Waals surface area contributed by atoms with Crippen LogP contribution in [0.1, 0.15) is 6.92 Å². The number of halogens is 3. The zero-order chi connectivity index (χ0) is 17.4. The summed E-state index contributed by atoms with van der Waals surface area (Å²) in [6.07, 6.45) is 3.86. The van der Waals surface area contributed by atoms with E-state index in [1.54, 1.807) is 12.2 Å². The first-order chi connectivity index (χ1) is 10.8. The minimum atomic E-state index is -1.53. The summed E-state index contributed by atoms with van der Waals surface area (Å²) in [5, 5.41) is 0.290. The Morgan fingerprint density at radius 2 is 1.91 bits per heavy atom. The molecule has 0 aromatic carbocycles. The van der Waals surface area contributed by atoms with E-state index >= 15 is 0 Å². The molecule has 0 N–H and O–H groups in total. The van der Waals surface area contributed by atoms with Gasteiger partial charge in [0.25, 0.3) is 0 Å². The molecule has 2 aliphatic rings. The van der Waals surface area contributed by atoms with Crippen molar-refractivity contribution >= 4 is 46.7 Å². The number of rotatable bonds is 3. The Morgan fingerprint density at radius 3 is 2.43 bits per heavy atom. The van der Waals surface area contributed by atoms with Gasteiger partial charge in [-0.05, 0) is 19.1 Å². The van der Waals surface area contributed by atoms with Gasteiger partial charge in [-0.15, -0.1) is 23.2 Å². The highest BCUT2D eigenvalue weighted by Crippen LogP contribution is 2.44. The molecule has 0 bridgehead atoms. The summed E-state index contributed by atoms with van der Waals surface area (Å²) in [5.74, 6) is -1.58. The van der Waals surface area contributed by atoms with Gasteiger partial charge in [0.2, 0.25) is 0 Å². The predicted octanol–water partition coefficient (Wildman–Crippen LogP) is 2.46. The number of allylic oxidation sites excluding steroid dienone is 2. The van der Waals surface area contributed by atoms with Gasteiger partial charge in [0.05, 0.1) is 19.3 Å². The first-order valence-electron chi connectivity index (χ1n) is 6.47. The van der Waals surface area contributed by atoms with Crippen molar-refractivity contribution in [1.82, 2.24) is 4.90 Å². The number of hydrogen-bond donors (Lipinski definition) is 0. The van der Waals surface area contributed by atoms with Gasteiger partial charge in [0, 0.05) is 6.20 Å². The topological polar surface area (TPSA) is 65.1 Å². The molecule has 2 rings (SSSR count). The molecule has 0 amide bonds. The molecule has 9 heteroatoms. The van der Waals surface area contributed by atoms with Gasteiger partial charge < -0.3 is 19.1 Å². The van der Waals surface area contributed by atoms with Crippen LogP contribution in [0.2, 0.25) is 0 Å². The minimum absolute atomic E-state index is 0.0908. The summed E-state index contributed by atoms with van der Waals surface area (Å²) in [7, 11) is 2.36. The molecule has 0 aliphatic carbocycles. The van der Waals surface area contributed by atoms with E-state index < -0.39 is 28.6 Å². The fraction of sp³-hybridized carbons (Fsp3) is 0.429. The van der Waals surface area contributed by atoms with E-state index in [1.165, 1.54) is 32.2 Å². The van der Waals surface area contributed by atoms with Crippen LogP contribution in [0.25, 0.3) is 0 Å². The van der Waals surface area contributed by atoms with Crippen LogP contribution in [-0.4, -0.2) is 47.7 Å². The molecule has 0 aromatic heterocycles. The van der Waals surface area contributed by atoms with Gasteiger partial charge in [0.1, 0.15) is 21.7 Å². The molecule has 2 atom stereocenters. The highest BCUT2D eigenvalue weighted by Gasteiger charge is 2.53. The lowest BCUT2D eigenvalue weighted by Gasteiger charge is -2.46. The van der Waals surface area contributed by atoms with Crippen molar-refractivity contribution in [2.45, 2.75) is 23.6 Å². The number of methoxy groups -OCH3 is 2. The first kappa shape index (κ1) is 18.1. The predicted molar refractivity (Wildman–Crippen MR) is 84.7 cm³/mol. The Labute approximate surface area is 148 Å². The number of esters is 2. The molecule has 2 heterocycles. The monoisotopic (exact) mass is 381 g/mol. The molecule has 6 nitrogen and oxygen atoms in total. The van der Waals surface area contributed by atoms with Crippen LogP contribution in [0.15, 0.2) is 34.7 Å². The van der Waals surface area contributed by atoms with E-state index in [1.807, 2.05) is 0 Å². The van der Waals surface area contributed by atoms with Gasteiger partial charge in [-0.3, -0.25) is 0 Å². The van der Waals surface area contributed by atoms with Crippen LogP contribution in [0.3, 0.4) is 0 Å². The average Bonchev–Trinajstić information content (AvgIpc) is 2.53. The third-order valence-electron chi connectivity index (χ3n) is 3.52. The maximum atomic E-state index is 12.3. The Bertz CT molecular complexity index is 628. The maximum absolute atomic E-state index is 12.3. The molecule has 126 valence electrons. The normalized spacial score (nSPS) is 26.8. The van der Waals surface area contributed by atoms with Crippen molar-refractivity contribution in [2.75, 3.05) is 14.2 Å². The van der Waals surface area contributed by atoms with Gasteiger partial charge in [-0.1, -0.05) is 11.6 Å². The first-order valence-corrected chi connectivity index (χ1v) is 7.72. The maximum Gasteiger partial charge on any atom is 0.355 e. The number of ether oxygens (including phenoxy) is 3. The van der Waals surface area contributed by atoms with Gasteiger partial charge in [0.15, 0.2) is 6.23 Å². The zero-order valence-electron chi connectivity index (χ0n) is 12.5. The third-order valence-corrected chi connectivity index (χ3v) is 4.67. The summed E-state index contributed by atoms with van der Waals surface area (Å²) in [6, 6.07) is 0. The van der Waals surface area contributed by atoms with Crippen LogP contribution in [0, 0.1) is 0 Å². The molecule has 2 aliphatic heterocycles. The molecule has 0 saturated heterocycles. The number of hydrogen-bond acceptors (Lipinski definition) is 6. The largest absolute Gasteiger partial charge is 0.466 e. The third kappa shape index (κ3) is 2.96. The van der Waals surface area contributed by atoms with Crippen molar-refractivity contribution in [3.8, 4) is 0 Å². The van der Waals surface area contributed by atoms with Crippen LogP contribution in [-0.2, 0) is 23.8 Å². The number of nitrogens with zero attached hydrogens (tertiary/aromatic N) is 1. The van der Waals surface area contributed by atoms with Crippen LogP contribution in [0.5, 0.6) is 0 Å². The summed E-state index contributed by atoms with van der Waals surface area (Å²) in [5.41, 5.74) is -1.76. The molecule has 0 saturated carbocycles. The number of carbonyl (C=O) groups excluding carboxylic acids is 2.